The van der Waals surface area contributed by atoms with Gasteiger partial charge in [0.25, 0.3) is 5.91 Å². The van der Waals surface area contributed by atoms with Gasteiger partial charge in [0.1, 0.15) is 5.82 Å². The van der Waals surface area contributed by atoms with E-state index in [2.05, 4.69) is 10.4 Å². The maximum atomic E-state index is 12.0. The molecule has 1 amide bonds. The molecule has 0 saturated heterocycles. The Labute approximate surface area is 156 Å². The van der Waals surface area contributed by atoms with Gasteiger partial charge >= 0.3 is 5.97 Å². The maximum absolute atomic E-state index is 12.0. The second-order valence-corrected chi connectivity index (χ2v) is 6.58. The summed E-state index contributed by atoms with van der Waals surface area (Å²) >= 11 is 5.80. The zero-order valence-electron chi connectivity index (χ0n) is 14.2. The summed E-state index contributed by atoms with van der Waals surface area (Å²) in [5, 5.41) is 7.66. The van der Waals surface area contributed by atoms with Crippen LogP contribution in [0.5, 0.6) is 0 Å². The molecule has 1 aliphatic rings. The molecule has 3 rings (SSSR count). The monoisotopic (exact) mass is 373 g/mol. The molecule has 1 aromatic heterocycles. The van der Waals surface area contributed by atoms with Crippen LogP contribution in [0.2, 0.25) is 5.02 Å². The van der Waals surface area contributed by atoms with Gasteiger partial charge in [0, 0.05) is 17.2 Å². The predicted octanol–water partition coefficient (Wildman–Crippen LogP) is 3.85. The summed E-state index contributed by atoms with van der Waals surface area (Å²) < 4.78 is 6.81. The lowest BCUT2D eigenvalue weighted by atomic mass is 10.2. The van der Waals surface area contributed by atoms with Gasteiger partial charge in [-0.25, -0.2) is 9.48 Å². The van der Waals surface area contributed by atoms with Gasteiger partial charge in [-0.05, 0) is 36.6 Å². The number of aromatic nitrogens is 2. The molecule has 0 atom stereocenters. The van der Waals surface area contributed by atoms with Gasteiger partial charge in [0.15, 0.2) is 6.61 Å². The molecule has 1 fully saturated rings. The minimum Gasteiger partial charge on any atom is -0.452 e. The molecule has 1 aromatic carbocycles. The minimum absolute atomic E-state index is 0.324. The van der Waals surface area contributed by atoms with Crippen LogP contribution in [0.3, 0.4) is 0 Å². The van der Waals surface area contributed by atoms with Crippen LogP contribution < -0.4 is 5.32 Å². The predicted molar refractivity (Wildman–Crippen MR) is 99.8 cm³/mol. The third-order valence-corrected chi connectivity index (χ3v) is 4.49. The number of amides is 1. The fourth-order valence-corrected chi connectivity index (χ4v) is 3.08. The Balaban J connectivity index is 1.47. The van der Waals surface area contributed by atoms with E-state index in [9.17, 15) is 9.59 Å². The third kappa shape index (κ3) is 4.95. The first-order chi connectivity index (χ1) is 12.6. The highest BCUT2D eigenvalue weighted by molar-refractivity contribution is 6.30. The molecule has 1 saturated carbocycles. The zero-order valence-corrected chi connectivity index (χ0v) is 15.0. The summed E-state index contributed by atoms with van der Waals surface area (Å²) in [6.45, 7) is -0.348. The normalized spacial score (nSPS) is 14.7. The number of ether oxygens (including phenoxy) is 1. The molecule has 2 aromatic rings. The van der Waals surface area contributed by atoms with E-state index < -0.39 is 11.9 Å². The number of esters is 1. The molecule has 6 nitrogen and oxygen atoms in total. The Morgan fingerprint density at radius 1 is 1.23 bits per heavy atom. The fraction of sp³-hybridized carbons (Fsp3) is 0.316. The molecule has 7 heteroatoms. The van der Waals surface area contributed by atoms with Gasteiger partial charge in [-0.3, -0.25) is 4.79 Å². The van der Waals surface area contributed by atoms with Crippen molar-refractivity contribution < 1.29 is 14.3 Å². The van der Waals surface area contributed by atoms with E-state index in [-0.39, 0.29) is 6.61 Å². The molecule has 0 radical (unpaired) electrons. The summed E-state index contributed by atoms with van der Waals surface area (Å²) in [5.41, 5.74) is 0.816. The number of halogens is 1. The van der Waals surface area contributed by atoms with Crippen molar-refractivity contribution in [1.82, 2.24) is 9.78 Å². The van der Waals surface area contributed by atoms with E-state index >= 15 is 0 Å². The van der Waals surface area contributed by atoms with E-state index in [1.807, 2.05) is 4.68 Å². The maximum Gasteiger partial charge on any atom is 0.331 e. The second-order valence-electron chi connectivity index (χ2n) is 6.14. The lowest BCUT2D eigenvalue weighted by molar-refractivity contribution is -0.142. The Bertz CT molecular complexity index is 793. The highest BCUT2D eigenvalue weighted by atomic mass is 35.5. The van der Waals surface area contributed by atoms with Crippen molar-refractivity contribution in [2.75, 3.05) is 11.9 Å². The molecule has 0 bridgehead atoms. The second kappa shape index (κ2) is 8.67. The summed E-state index contributed by atoms with van der Waals surface area (Å²) in [4.78, 5) is 23.8. The number of nitrogens with one attached hydrogen (secondary N) is 1. The Kier molecular flexibility index (Phi) is 6.07. The lowest BCUT2D eigenvalue weighted by Crippen LogP contribution is -2.22. The molecule has 1 N–H and O–H groups in total. The molecule has 1 heterocycles. The molecule has 1 aliphatic carbocycles. The van der Waals surface area contributed by atoms with E-state index in [1.165, 1.54) is 18.9 Å². The molecule has 0 aliphatic heterocycles. The van der Waals surface area contributed by atoms with Gasteiger partial charge in [-0.2, -0.15) is 5.10 Å². The molecule has 136 valence electrons. The number of nitrogens with zero attached hydrogens (tertiary/aromatic N) is 2. The first-order valence-corrected chi connectivity index (χ1v) is 8.93. The number of rotatable bonds is 6. The van der Waals surface area contributed by atoms with Gasteiger partial charge in [0.05, 0.1) is 12.2 Å². The van der Waals surface area contributed by atoms with E-state index in [4.69, 9.17) is 16.3 Å². The number of hydrogen-bond donors (Lipinski definition) is 1. The topological polar surface area (TPSA) is 73.2 Å². The smallest absolute Gasteiger partial charge is 0.331 e. The van der Waals surface area contributed by atoms with E-state index in [1.54, 1.807) is 42.6 Å². The van der Waals surface area contributed by atoms with Crippen LogP contribution in [0.1, 0.15) is 37.3 Å². The third-order valence-electron chi connectivity index (χ3n) is 4.24. The molecule has 26 heavy (non-hydrogen) atoms. The summed E-state index contributed by atoms with van der Waals surface area (Å²) in [6.07, 6.45) is 9.02. The number of carbonyl (C=O) groups is 2. The number of hydrogen-bond acceptors (Lipinski definition) is 4. The van der Waals surface area contributed by atoms with Crippen molar-refractivity contribution in [1.29, 1.82) is 0 Å². The van der Waals surface area contributed by atoms with Gasteiger partial charge in [-0.15, -0.1) is 0 Å². The quantitative estimate of drug-likeness (QED) is 0.616. The average molecular weight is 374 g/mol. The minimum atomic E-state index is -0.584. The number of benzene rings is 1. The van der Waals surface area contributed by atoms with Crippen molar-refractivity contribution in [3.05, 3.63) is 53.2 Å². The van der Waals surface area contributed by atoms with Crippen molar-refractivity contribution in [2.24, 2.45) is 0 Å². The van der Waals surface area contributed by atoms with Crippen molar-refractivity contribution in [2.45, 2.75) is 31.7 Å². The average Bonchev–Trinajstić information content (AvgIpc) is 3.31. The van der Waals surface area contributed by atoms with Crippen LogP contribution in [0, 0.1) is 0 Å². The van der Waals surface area contributed by atoms with Crippen LogP contribution >= 0.6 is 11.6 Å². The summed E-state index contributed by atoms with van der Waals surface area (Å²) in [6, 6.07) is 9.09. The zero-order chi connectivity index (χ0) is 18.4. The number of carbonyl (C=O) groups excluding carboxylic acids is 2. The van der Waals surface area contributed by atoms with Crippen LogP contribution in [0.15, 0.2) is 42.6 Å². The van der Waals surface area contributed by atoms with Crippen LogP contribution in [-0.2, 0) is 14.3 Å². The fourth-order valence-electron chi connectivity index (χ4n) is 2.95. The Morgan fingerprint density at radius 2 is 1.96 bits per heavy atom. The molecule has 0 unspecified atom stereocenters. The molecule has 0 spiro atoms. The van der Waals surface area contributed by atoms with Gasteiger partial charge in [0.2, 0.25) is 0 Å². The van der Waals surface area contributed by atoms with E-state index in [0.29, 0.717) is 16.9 Å². The molecular weight excluding hydrogens is 354 g/mol. The highest BCUT2D eigenvalue weighted by Gasteiger charge is 2.20. The summed E-state index contributed by atoms with van der Waals surface area (Å²) in [7, 11) is 0. The highest BCUT2D eigenvalue weighted by Crippen LogP contribution is 2.31. The van der Waals surface area contributed by atoms with Crippen molar-refractivity contribution in [3.8, 4) is 0 Å². The van der Waals surface area contributed by atoms with E-state index in [0.717, 1.165) is 18.4 Å². The first-order valence-electron chi connectivity index (χ1n) is 8.55. The molecular formula is C19H20ClN3O3. The SMILES string of the molecule is O=C(COC(=O)/C=C/c1ccc(Cl)cc1)Nc1ccnn1C1CCCC1. The Morgan fingerprint density at radius 3 is 2.69 bits per heavy atom. The van der Waals surface area contributed by atoms with Crippen molar-refractivity contribution in [3.63, 3.8) is 0 Å². The van der Waals surface area contributed by atoms with Crippen LogP contribution in [0.25, 0.3) is 6.08 Å². The lowest BCUT2D eigenvalue weighted by Gasteiger charge is -2.14. The van der Waals surface area contributed by atoms with Crippen molar-refractivity contribution >= 4 is 35.4 Å². The van der Waals surface area contributed by atoms with Crippen LogP contribution in [0.4, 0.5) is 5.82 Å². The largest absolute Gasteiger partial charge is 0.452 e. The van der Waals surface area contributed by atoms with Gasteiger partial charge < -0.3 is 10.1 Å². The summed E-state index contributed by atoms with van der Waals surface area (Å²) in [5.74, 6) is -0.341. The Hall–Kier alpha value is -2.60. The van der Waals surface area contributed by atoms with Crippen LogP contribution in [-0.4, -0.2) is 28.3 Å². The first kappa shape index (κ1) is 18.2. The van der Waals surface area contributed by atoms with Gasteiger partial charge in [-0.1, -0.05) is 36.6 Å². The standard InChI is InChI=1S/C19H20ClN3O3/c20-15-8-5-14(6-9-15)7-10-19(25)26-13-18(24)22-17-11-12-21-23(17)16-3-1-2-4-16/h5-12,16H,1-4,13H2,(H,22,24)/b10-7+. The number of anilines is 1.